The zero-order valence-electron chi connectivity index (χ0n) is 10.9. The Kier molecular flexibility index (Phi) is 4.42. The SMILES string of the molecule is CCS(=O)(=O)N1CCC(Oc2cccc(F)c2)CC1. The molecule has 0 radical (unpaired) electrons. The Morgan fingerprint density at radius 3 is 2.63 bits per heavy atom. The molecule has 1 fully saturated rings. The predicted octanol–water partition coefficient (Wildman–Crippen LogP) is 2.02. The molecule has 0 saturated carbocycles. The van der Waals surface area contributed by atoms with Gasteiger partial charge in [0.2, 0.25) is 10.0 Å². The second kappa shape index (κ2) is 5.88. The quantitative estimate of drug-likeness (QED) is 0.851. The van der Waals surface area contributed by atoms with Gasteiger partial charge in [-0.3, -0.25) is 0 Å². The maximum Gasteiger partial charge on any atom is 0.213 e. The summed E-state index contributed by atoms with van der Waals surface area (Å²) in [7, 11) is -3.11. The normalized spacial score (nSPS) is 18.4. The monoisotopic (exact) mass is 287 g/mol. The van der Waals surface area contributed by atoms with Gasteiger partial charge in [0.15, 0.2) is 0 Å². The summed E-state index contributed by atoms with van der Waals surface area (Å²) in [5.41, 5.74) is 0. The van der Waals surface area contributed by atoms with Gasteiger partial charge in [0, 0.05) is 19.2 Å². The fourth-order valence-corrected chi connectivity index (χ4v) is 3.28. The van der Waals surface area contributed by atoms with E-state index >= 15 is 0 Å². The molecule has 0 atom stereocenters. The van der Waals surface area contributed by atoms with Crippen molar-refractivity contribution in [1.29, 1.82) is 0 Å². The van der Waals surface area contributed by atoms with E-state index in [-0.39, 0.29) is 17.7 Å². The van der Waals surface area contributed by atoms with Crippen molar-refractivity contribution in [2.45, 2.75) is 25.9 Å². The number of piperidine rings is 1. The molecule has 2 rings (SSSR count). The molecular weight excluding hydrogens is 269 g/mol. The van der Waals surface area contributed by atoms with Crippen molar-refractivity contribution in [2.24, 2.45) is 0 Å². The number of hydrogen-bond acceptors (Lipinski definition) is 3. The van der Waals surface area contributed by atoms with E-state index in [9.17, 15) is 12.8 Å². The Labute approximate surface area is 113 Å². The van der Waals surface area contributed by atoms with Gasteiger partial charge in [-0.05, 0) is 31.9 Å². The molecule has 0 amide bonds. The number of sulfonamides is 1. The third kappa shape index (κ3) is 3.67. The van der Waals surface area contributed by atoms with Crippen LogP contribution in [0.5, 0.6) is 5.75 Å². The fourth-order valence-electron chi connectivity index (χ4n) is 2.14. The van der Waals surface area contributed by atoms with Gasteiger partial charge in [0.25, 0.3) is 0 Å². The van der Waals surface area contributed by atoms with Crippen molar-refractivity contribution < 1.29 is 17.5 Å². The van der Waals surface area contributed by atoms with Crippen LogP contribution in [0.25, 0.3) is 0 Å². The fraction of sp³-hybridized carbons (Fsp3) is 0.538. The van der Waals surface area contributed by atoms with Crippen LogP contribution in [0.2, 0.25) is 0 Å². The summed E-state index contributed by atoms with van der Waals surface area (Å²) in [4.78, 5) is 0. The minimum absolute atomic E-state index is 0.0508. The molecular formula is C13H18FNO3S. The Bertz CT molecular complexity index is 524. The molecule has 6 heteroatoms. The van der Waals surface area contributed by atoms with Gasteiger partial charge in [0.05, 0.1) is 5.75 Å². The maximum atomic E-state index is 13.0. The molecule has 0 aliphatic carbocycles. The lowest BCUT2D eigenvalue weighted by Gasteiger charge is -2.31. The van der Waals surface area contributed by atoms with Crippen molar-refractivity contribution in [3.05, 3.63) is 30.1 Å². The summed E-state index contributed by atoms with van der Waals surface area (Å²) in [6.07, 6.45) is 1.22. The first-order valence-corrected chi connectivity index (χ1v) is 8.02. The molecule has 1 aromatic rings. The Balaban J connectivity index is 1.91. The smallest absolute Gasteiger partial charge is 0.213 e. The van der Waals surface area contributed by atoms with E-state index in [0.29, 0.717) is 31.7 Å². The second-order valence-electron chi connectivity index (χ2n) is 4.57. The van der Waals surface area contributed by atoms with Gasteiger partial charge in [-0.1, -0.05) is 6.07 Å². The molecule has 0 N–H and O–H groups in total. The largest absolute Gasteiger partial charge is 0.490 e. The first-order valence-electron chi connectivity index (χ1n) is 6.41. The van der Waals surface area contributed by atoms with Crippen LogP contribution < -0.4 is 4.74 Å². The lowest BCUT2D eigenvalue weighted by atomic mass is 10.1. The summed E-state index contributed by atoms with van der Waals surface area (Å²) in [6.45, 7) is 2.58. The summed E-state index contributed by atoms with van der Waals surface area (Å²) < 4.78 is 43.6. The van der Waals surface area contributed by atoms with E-state index in [0.717, 1.165) is 0 Å². The van der Waals surface area contributed by atoms with Gasteiger partial charge in [-0.2, -0.15) is 0 Å². The average molecular weight is 287 g/mol. The van der Waals surface area contributed by atoms with E-state index in [1.165, 1.54) is 16.4 Å². The number of rotatable bonds is 4. The number of nitrogens with zero attached hydrogens (tertiary/aromatic N) is 1. The topological polar surface area (TPSA) is 46.6 Å². The lowest BCUT2D eigenvalue weighted by molar-refractivity contribution is 0.135. The molecule has 1 aliphatic rings. The van der Waals surface area contributed by atoms with Crippen LogP contribution in [0, 0.1) is 5.82 Å². The molecule has 19 heavy (non-hydrogen) atoms. The molecule has 1 saturated heterocycles. The lowest BCUT2D eigenvalue weighted by Crippen LogP contribution is -2.42. The van der Waals surface area contributed by atoms with Crippen LogP contribution in [-0.2, 0) is 10.0 Å². The van der Waals surface area contributed by atoms with Gasteiger partial charge in [-0.15, -0.1) is 0 Å². The van der Waals surface area contributed by atoms with Crippen molar-refractivity contribution in [2.75, 3.05) is 18.8 Å². The third-order valence-corrected chi connectivity index (χ3v) is 5.14. The van der Waals surface area contributed by atoms with Crippen LogP contribution in [0.1, 0.15) is 19.8 Å². The van der Waals surface area contributed by atoms with Crippen molar-refractivity contribution in [3.63, 3.8) is 0 Å². The Morgan fingerprint density at radius 2 is 2.05 bits per heavy atom. The van der Waals surface area contributed by atoms with E-state index in [4.69, 9.17) is 4.74 Å². The maximum absolute atomic E-state index is 13.0. The van der Waals surface area contributed by atoms with Crippen molar-refractivity contribution in [3.8, 4) is 5.75 Å². The minimum Gasteiger partial charge on any atom is -0.490 e. The molecule has 1 aliphatic heterocycles. The van der Waals surface area contributed by atoms with Crippen molar-refractivity contribution >= 4 is 10.0 Å². The molecule has 1 aromatic carbocycles. The predicted molar refractivity (Wildman–Crippen MR) is 71.1 cm³/mol. The number of ether oxygens (including phenoxy) is 1. The number of benzene rings is 1. The highest BCUT2D eigenvalue weighted by molar-refractivity contribution is 7.89. The van der Waals surface area contributed by atoms with Gasteiger partial charge in [0.1, 0.15) is 17.7 Å². The number of hydrogen-bond donors (Lipinski definition) is 0. The Hall–Kier alpha value is -1.14. The zero-order valence-corrected chi connectivity index (χ0v) is 11.7. The first-order chi connectivity index (χ1) is 9.01. The summed E-state index contributed by atoms with van der Waals surface area (Å²) in [5.74, 6) is 0.294. The van der Waals surface area contributed by atoms with E-state index < -0.39 is 10.0 Å². The standard InChI is InChI=1S/C13H18FNO3S/c1-2-19(16,17)15-8-6-12(7-9-15)18-13-5-3-4-11(14)10-13/h3-5,10,12H,2,6-9H2,1H3. The second-order valence-corrected chi connectivity index (χ2v) is 6.83. The highest BCUT2D eigenvalue weighted by atomic mass is 32.2. The molecule has 1 heterocycles. The highest BCUT2D eigenvalue weighted by Crippen LogP contribution is 2.21. The Morgan fingerprint density at radius 1 is 1.37 bits per heavy atom. The molecule has 106 valence electrons. The van der Waals surface area contributed by atoms with Crippen LogP contribution in [-0.4, -0.2) is 37.7 Å². The van der Waals surface area contributed by atoms with Crippen LogP contribution in [0.15, 0.2) is 24.3 Å². The molecule has 0 unspecified atom stereocenters. The van der Waals surface area contributed by atoms with Crippen LogP contribution in [0.3, 0.4) is 0 Å². The molecule has 0 aromatic heterocycles. The first kappa shape index (κ1) is 14.3. The molecule has 0 bridgehead atoms. The summed E-state index contributed by atoms with van der Waals surface area (Å²) >= 11 is 0. The van der Waals surface area contributed by atoms with E-state index in [2.05, 4.69) is 0 Å². The minimum atomic E-state index is -3.11. The molecule has 0 spiro atoms. The van der Waals surface area contributed by atoms with Gasteiger partial charge < -0.3 is 4.74 Å². The summed E-state index contributed by atoms with van der Waals surface area (Å²) in [5, 5.41) is 0. The summed E-state index contributed by atoms with van der Waals surface area (Å²) in [6, 6.07) is 6.01. The number of halogens is 1. The van der Waals surface area contributed by atoms with Crippen molar-refractivity contribution in [1.82, 2.24) is 4.31 Å². The van der Waals surface area contributed by atoms with Crippen LogP contribution >= 0.6 is 0 Å². The van der Waals surface area contributed by atoms with Crippen LogP contribution in [0.4, 0.5) is 4.39 Å². The third-order valence-electron chi connectivity index (χ3n) is 3.26. The van der Waals surface area contributed by atoms with E-state index in [1.807, 2.05) is 0 Å². The van der Waals surface area contributed by atoms with Gasteiger partial charge in [-0.25, -0.2) is 17.1 Å². The molecule has 4 nitrogen and oxygen atoms in total. The highest BCUT2D eigenvalue weighted by Gasteiger charge is 2.27. The van der Waals surface area contributed by atoms with E-state index in [1.54, 1.807) is 19.1 Å². The zero-order chi connectivity index (χ0) is 13.9. The average Bonchev–Trinajstić information content (AvgIpc) is 2.39. The van der Waals surface area contributed by atoms with Gasteiger partial charge >= 0.3 is 0 Å².